The zero-order chi connectivity index (χ0) is 24.8. The Hall–Kier alpha value is -4.50. The summed E-state index contributed by atoms with van der Waals surface area (Å²) in [4.78, 5) is 32.3. The zero-order valence-electron chi connectivity index (χ0n) is 18.4. The molecule has 2 heterocycles. The third-order valence-corrected chi connectivity index (χ3v) is 4.91. The normalized spacial score (nSPS) is 10.4. The van der Waals surface area contributed by atoms with Crippen molar-refractivity contribution in [2.75, 3.05) is 16.0 Å². The Balaban J connectivity index is 1.49. The number of amides is 2. The van der Waals surface area contributed by atoms with Gasteiger partial charge in [0.1, 0.15) is 29.0 Å². The summed E-state index contributed by atoms with van der Waals surface area (Å²) in [6.45, 7) is 1.39. The van der Waals surface area contributed by atoms with Crippen LogP contribution in [0.5, 0.6) is 11.5 Å². The van der Waals surface area contributed by atoms with Crippen LogP contribution in [0.4, 0.5) is 27.4 Å². The summed E-state index contributed by atoms with van der Waals surface area (Å²) in [6.07, 6.45) is 3.05. The van der Waals surface area contributed by atoms with E-state index in [0.29, 0.717) is 39.5 Å². The van der Waals surface area contributed by atoms with Crippen molar-refractivity contribution in [3.63, 3.8) is 0 Å². The zero-order valence-corrected chi connectivity index (χ0v) is 19.1. The van der Waals surface area contributed by atoms with Crippen molar-refractivity contribution in [1.82, 2.24) is 9.97 Å². The Kier molecular flexibility index (Phi) is 7.18. The molecular weight excluding hydrogens is 473 g/mol. The summed E-state index contributed by atoms with van der Waals surface area (Å²) >= 11 is 6.41. The molecule has 35 heavy (non-hydrogen) atoms. The van der Waals surface area contributed by atoms with Gasteiger partial charge in [-0.3, -0.25) is 9.59 Å². The summed E-state index contributed by atoms with van der Waals surface area (Å²) in [7, 11) is 0. The number of nitrogens with one attached hydrogen (secondary N) is 3. The molecular formula is C25H19ClFN5O3. The molecule has 0 saturated carbocycles. The quantitative estimate of drug-likeness (QED) is 0.292. The lowest BCUT2D eigenvalue weighted by molar-refractivity contribution is -0.114. The largest absolute Gasteiger partial charge is 0.456 e. The molecule has 0 radical (unpaired) electrons. The Morgan fingerprint density at radius 2 is 1.69 bits per heavy atom. The smallest absolute Gasteiger partial charge is 0.259 e. The van der Waals surface area contributed by atoms with Gasteiger partial charge in [-0.1, -0.05) is 11.6 Å². The highest BCUT2D eigenvalue weighted by Crippen LogP contribution is 2.33. The van der Waals surface area contributed by atoms with Crippen molar-refractivity contribution in [3.05, 3.63) is 95.5 Å². The van der Waals surface area contributed by atoms with Gasteiger partial charge in [0.2, 0.25) is 5.91 Å². The second kappa shape index (κ2) is 10.6. The lowest BCUT2D eigenvalue weighted by Crippen LogP contribution is -2.14. The van der Waals surface area contributed by atoms with Gasteiger partial charge in [0.15, 0.2) is 0 Å². The van der Waals surface area contributed by atoms with Gasteiger partial charge in [0.25, 0.3) is 5.91 Å². The van der Waals surface area contributed by atoms with Gasteiger partial charge in [0.05, 0.1) is 10.6 Å². The van der Waals surface area contributed by atoms with Crippen molar-refractivity contribution < 1.29 is 18.7 Å². The minimum absolute atomic E-state index is 0.247. The van der Waals surface area contributed by atoms with Gasteiger partial charge in [0, 0.05) is 36.8 Å². The van der Waals surface area contributed by atoms with Crippen LogP contribution in [0.3, 0.4) is 0 Å². The molecule has 8 nitrogen and oxygen atoms in total. The molecule has 4 aromatic rings. The van der Waals surface area contributed by atoms with Crippen LogP contribution in [0, 0.1) is 5.82 Å². The third kappa shape index (κ3) is 6.30. The van der Waals surface area contributed by atoms with Gasteiger partial charge in [-0.15, -0.1) is 0 Å². The minimum atomic E-state index is -0.411. The molecule has 0 aliphatic heterocycles. The molecule has 2 aromatic heterocycles. The van der Waals surface area contributed by atoms with Gasteiger partial charge in [-0.25, -0.2) is 14.4 Å². The van der Waals surface area contributed by atoms with Crippen LogP contribution >= 0.6 is 11.6 Å². The Bertz CT molecular complexity index is 1380. The number of nitrogens with zero attached hydrogens (tertiary/aromatic N) is 2. The maximum Gasteiger partial charge on any atom is 0.259 e. The summed E-state index contributed by atoms with van der Waals surface area (Å²) in [5, 5.41) is 8.69. The molecule has 176 valence electrons. The first-order valence-electron chi connectivity index (χ1n) is 10.4. The second-order valence-corrected chi connectivity index (χ2v) is 7.70. The van der Waals surface area contributed by atoms with Crippen LogP contribution in [0.2, 0.25) is 5.02 Å². The number of anilines is 4. The van der Waals surface area contributed by atoms with E-state index in [1.165, 1.54) is 37.4 Å². The van der Waals surface area contributed by atoms with Crippen LogP contribution in [0.15, 0.2) is 79.1 Å². The minimum Gasteiger partial charge on any atom is -0.456 e. The van der Waals surface area contributed by atoms with E-state index in [2.05, 4.69) is 25.9 Å². The van der Waals surface area contributed by atoms with E-state index in [9.17, 15) is 14.0 Å². The molecule has 0 atom stereocenters. The first-order valence-corrected chi connectivity index (χ1v) is 10.8. The highest BCUT2D eigenvalue weighted by atomic mass is 35.5. The molecule has 4 rings (SSSR count). The number of rotatable bonds is 7. The van der Waals surface area contributed by atoms with Crippen molar-refractivity contribution >= 4 is 46.4 Å². The number of hydrogen-bond donors (Lipinski definition) is 3. The van der Waals surface area contributed by atoms with Crippen molar-refractivity contribution in [1.29, 1.82) is 0 Å². The van der Waals surface area contributed by atoms with Gasteiger partial charge >= 0.3 is 0 Å². The standard InChI is InChI=1S/C25H19ClFN5O3/c1-15(33)30-23-14-19(10-12-28-23)35-22-9-8-18(13-21(22)26)31-24-20(3-2-11-29-24)25(34)32-17-6-4-16(27)5-7-17/h2-14H,1H3,(H,29,31)(H,32,34)(H,28,30,33). The summed E-state index contributed by atoms with van der Waals surface area (Å²) in [5.74, 6) is 0.433. The molecule has 0 unspecified atom stereocenters. The number of aromatic nitrogens is 2. The topological polar surface area (TPSA) is 105 Å². The van der Waals surface area contributed by atoms with E-state index < -0.39 is 11.7 Å². The molecule has 2 amide bonds. The van der Waals surface area contributed by atoms with Crippen LogP contribution < -0.4 is 20.7 Å². The van der Waals surface area contributed by atoms with E-state index in [1.54, 1.807) is 48.7 Å². The fourth-order valence-electron chi connectivity index (χ4n) is 3.07. The number of hydrogen-bond acceptors (Lipinski definition) is 6. The number of pyridine rings is 2. The van der Waals surface area contributed by atoms with E-state index >= 15 is 0 Å². The van der Waals surface area contributed by atoms with Crippen LogP contribution in [0.25, 0.3) is 0 Å². The lowest BCUT2D eigenvalue weighted by atomic mass is 10.2. The van der Waals surface area contributed by atoms with E-state index in [4.69, 9.17) is 16.3 Å². The Labute approximate surface area is 205 Å². The molecule has 3 N–H and O–H groups in total. The van der Waals surface area contributed by atoms with E-state index in [0.717, 1.165) is 0 Å². The first kappa shape index (κ1) is 23.7. The van der Waals surface area contributed by atoms with Crippen molar-refractivity contribution in [2.24, 2.45) is 0 Å². The predicted molar refractivity (Wildman–Crippen MR) is 132 cm³/mol. The van der Waals surface area contributed by atoms with Crippen LogP contribution in [0.1, 0.15) is 17.3 Å². The average Bonchev–Trinajstić information content (AvgIpc) is 2.82. The van der Waals surface area contributed by atoms with Crippen molar-refractivity contribution in [3.8, 4) is 11.5 Å². The van der Waals surface area contributed by atoms with Gasteiger partial charge < -0.3 is 20.7 Å². The molecule has 0 saturated heterocycles. The molecule has 0 spiro atoms. The summed E-state index contributed by atoms with van der Waals surface area (Å²) in [5.41, 5.74) is 1.31. The van der Waals surface area contributed by atoms with Crippen molar-refractivity contribution in [2.45, 2.75) is 6.92 Å². The number of halogens is 2. The van der Waals surface area contributed by atoms with Gasteiger partial charge in [-0.2, -0.15) is 0 Å². The molecule has 0 fully saturated rings. The second-order valence-electron chi connectivity index (χ2n) is 7.29. The number of carbonyl (C=O) groups is 2. The maximum absolute atomic E-state index is 13.1. The SMILES string of the molecule is CC(=O)Nc1cc(Oc2ccc(Nc3ncccc3C(=O)Nc3ccc(F)cc3)cc2Cl)ccn1. The molecule has 10 heteroatoms. The molecule has 0 bridgehead atoms. The Morgan fingerprint density at radius 3 is 2.43 bits per heavy atom. The maximum atomic E-state index is 13.1. The molecule has 0 aliphatic carbocycles. The monoisotopic (exact) mass is 491 g/mol. The lowest BCUT2D eigenvalue weighted by Gasteiger charge is -2.13. The van der Waals surface area contributed by atoms with E-state index in [1.807, 2.05) is 0 Å². The van der Waals surface area contributed by atoms with Gasteiger partial charge in [-0.05, 0) is 60.7 Å². The molecule has 2 aromatic carbocycles. The highest BCUT2D eigenvalue weighted by molar-refractivity contribution is 6.32. The average molecular weight is 492 g/mol. The fourth-order valence-corrected chi connectivity index (χ4v) is 3.29. The van der Waals surface area contributed by atoms with Crippen LogP contribution in [-0.2, 0) is 4.79 Å². The number of benzene rings is 2. The molecule has 0 aliphatic rings. The predicted octanol–water partition coefficient (Wildman–Crippen LogP) is 6.02. The Morgan fingerprint density at radius 1 is 0.914 bits per heavy atom. The summed E-state index contributed by atoms with van der Waals surface area (Å²) in [6, 6.07) is 16.9. The fraction of sp³-hybridized carbons (Fsp3) is 0.0400. The summed E-state index contributed by atoms with van der Waals surface area (Å²) < 4.78 is 18.9. The van der Waals surface area contributed by atoms with Crippen LogP contribution in [-0.4, -0.2) is 21.8 Å². The number of carbonyl (C=O) groups excluding carboxylic acids is 2. The number of ether oxygens (including phenoxy) is 1. The highest BCUT2D eigenvalue weighted by Gasteiger charge is 2.14. The third-order valence-electron chi connectivity index (χ3n) is 4.61. The first-order chi connectivity index (χ1) is 16.9. The van der Waals surface area contributed by atoms with E-state index in [-0.39, 0.29) is 11.5 Å².